The minimum absolute atomic E-state index is 0.0595. The van der Waals surface area contributed by atoms with Gasteiger partial charge < -0.3 is 14.2 Å². The largest absolute Gasteiger partial charge is 0.496 e. The van der Waals surface area contributed by atoms with Crippen molar-refractivity contribution in [1.29, 1.82) is 0 Å². The van der Waals surface area contributed by atoms with Gasteiger partial charge in [-0.05, 0) is 12.1 Å². The molecule has 2 aromatic rings. The maximum Gasteiger partial charge on any atom is 0.311 e. The van der Waals surface area contributed by atoms with E-state index >= 15 is 0 Å². The van der Waals surface area contributed by atoms with Crippen molar-refractivity contribution in [3.8, 4) is 17.2 Å². The van der Waals surface area contributed by atoms with E-state index in [4.69, 9.17) is 14.2 Å². The molecule has 0 aliphatic rings. The average Bonchev–Trinajstić information content (AvgIpc) is 2.66. The number of ether oxygens (including phenoxy) is 3. The summed E-state index contributed by atoms with van der Waals surface area (Å²) in [5, 5.41) is 14.9. The lowest BCUT2D eigenvalue weighted by atomic mass is 10.1. The fraction of sp³-hybridized carbons (Fsp3) is 0.176. The van der Waals surface area contributed by atoms with Crippen LogP contribution in [0.15, 0.2) is 47.6 Å². The molecule has 0 aliphatic heterocycles. The Hall–Kier alpha value is -3.62. The van der Waals surface area contributed by atoms with Crippen LogP contribution >= 0.6 is 0 Å². The number of carbonyl (C=O) groups is 1. The molecule has 0 spiro atoms. The molecule has 136 valence electrons. The molecule has 9 nitrogen and oxygen atoms in total. The van der Waals surface area contributed by atoms with Gasteiger partial charge in [-0.25, -0.2) is 5.43 Å². The van der Waals surface area contributed by atoms with Gasteiger partial charge in [0.2, 0.25) is 5.75 Å². The number of methoxy groups -OCH3 is 2. The third-order valence-electron chi connectivity index (χ3n) is 3.23. The number of nitrogens with one attached hydrogen (secondary N) is 1. The Morgan fingerprint density at radius 3 is 2.50 bits per heavy atom. The van der Waals surface area contributed by atoms with Crippen molar-refractivity contribution in [1.82, 2.24) is 5.43 Å². The van der Waals surface area contributed by atoms with E-state index in [1.165, 1.54) is 32.6 Å². The Morgan fingerprint density at radius 2 is 1.88 bits per heavy atom. The molecule has 1 amide bonds. The van der Waals surface area contributed by atoms with E-state index in [0.717, 1.165) is 0 Å². The Bertz CT molecular complexity index is 808. The molecule has 0 heterocycles. The zero-order valence-corrected chi connectivity index (χ0v) is 14.2. The number of amides is 1. The van der Waals surface area contributed by atoms with E-state index in [0.29, 0.717) is 17.1 Å². The Kier molecular flexibility index (Phi) is 6.49. The van der Waals surface area contributed by atoms with Crippen LogP contribution in [0.5, 0.6) is 17.2 Å². The Morgan fingerprint density at radius 1 is 1.19 bits per heavy atom. The van der Waals surface area contributed by atoms with Gasteiger partial charge in [-0.15, -0.1) is 0 Å². The van der Waals surface area contributed by atoms with Gasteiger partial charge in [0.1, 0.15) is 11.5 Å². The molecule has 0 aliphatic carbocycles. The summed E-state index contributed by atoms with van der Waals surface area (Å²) < 4.78 is 15.4. The van der Waals surface area contributed by atoms with Crippen LogP contribution in [0.25, 0.3) is 0 Å². The van der Waals surface area contributed by atoms with E-state index in [9.17, 15) is 14.9 Å². The number of hydrogen-bond acceptors (Lipinski definition) is 7. The molecule has 0 atom stereocenters. The number of rotatable bonds is 8. The quantitative estimate of drug-likeness (QED) is 0.439. The van der Waals surface area contributed by atoms with Crippen LogP contribution < -0.4 is 19.6 Å². The standard InChI is InChI=1S/C17H17N3O6/c1-24-15-9-16(25-2)14(20(22)23)8-12(15)10-18-19-17(21)11-26-13-6-4-3-5-7-13/h3-10H,11H2,1-2H3,(H,19,21)/b18-10-. The number of hydrogen-bond donors (Lipinski definition) is 1. The van der Waals surface area contributed by atoms with Gasteiger partial charge >= 0.3 is 5.69 Å². The first-order valence-electron chi connectivity index (χ1n) is 7.45. The van der Waals surface area contributed by atoms with E-state index in [-0.39, 0.29) is 18.0 Å². The number of hydrazone groups is 1. The van der Waals surface area contributed by atoms with E-state index in [1.54, 1.807) is 24.3 Å². The number of carbonyl (C=O) groups excluding carboxylic acids is 1. The van der Waals surface area contributed by atoms with Crippen LogP contribution in [0.2, 0.25) is 0 Å². The summed E-state index contributed by atoms with van der Waals surface area (Å²) in [5.74, 6) is 0.446. The summed E-state index contributed by atoms with van der Waals surface area (Å²) in [6.07, 6.45) is 1.24. The minimum atomic E-state index is -0.581. The van der Waals surface area contributed by atoms with E-state index < -0.39 is 10.8 Å². The van der Waals surface area contributed by atoms with Gasteiger partial charge in [0, 0.05) is 17.7 Å². The molecule has 26 heavy (non-hydrogen) atoms. The highest BCUT2D eigenvalue weighted by atomic mass is 16.6. The van der Waals surface area contributed by atoms with Gasteiger partial charge in [-0.3, -0.25) is 14.9 Å². The monoisotopic (exact) mass is 359 g/mol. The van der Waals surface area contributed by atoms with Crippen molar-refractivity contribution in [2.75, 3.05) is 20.8 Å². The van der Waals surface area contributed by atoms with Crippen LogP contribution in [-0.4, -0.2) is 37.9 Å². The lowest BCUT2D eigenvalue weighted by Gasteiger charge is -2.08. The second-order valence-corrected chi connectivity index (χ2v) is 4.92. The molecule has 0 bridgehead atoms. The molecule has 2 rings (SSSR count). The van der Waals surface area contributed by atoms with Gasteiger partial charge in [0.15, 0.2) is 6.61 Å². The van der Waals surface area contributed by atoms with Crippen molar-refractivity contribution < 1.29 is 23.9 Å². The topological polar surface area (TPSA) is 112 Å². The molecule has 1 N–H and O–H groups in total. The zero-order valence-electron chi connectivity index (χ0n) is 14.2. The summed E-state index contributed by atoms with van der Waals surface area (Å²) in [6, 6.07) is 11.5. The van der Waals surface area contributed by atoms with Gasteiger partial charge in [0.05, 0.1) is 25.4 Å². The molecule has 0 saturated heterocycles. The minimum Gasteiger partial charge on any atom is -0.496 e. The zero-order chi connectivity index (χ0) is 18.9. The summed E-state index contributed by atoms with van der Waals surface area (Å²) in [4.78, 5) is 22.2. The Balaban J connectivity index is 2.03. The molecule has 0 saturated carbocycles. The molecule has 0 fully saturated rings. The first-order chi connectivity index (χ1) is 12.5. The fourth-order valence-corrected chi connectivity index (χ4v) is 2.02. The highest BCUT2D eigenvalue weighted by Gasteiger charge is 2.18. The molecule has 2 aromatic carbocycles. The predicted molar refractivity (Wildman–Crippen MR) is 93.9 cm³/mol. The van der Waals surface area contributed by atoms with Gasteiger partial charge in [0.25, 0.3) is 5.91 Å². The predicted octanol–water partition coefficient (Wildman–Crippen LogP) is 2.14. The highest BCUT2D eigenvalue weighted by Crippen LogP contribution is 2.33. The van der Waals surface area contributed by atoms with E-state index in [1.807, 2.05) is 6.07 Å². The van der Waals surface area contributed by atoms with E-state index in [2.05, 4.69) is 10.5 Å². The SMILES string of the molecule is COc1cc(OC)c([N+](=O)[O-])cc1/C=N\NC(=O)COc1ccccc1. The van der Waals surface area contributed by atoms with Crippen molar-refractivity contribution in [2.45, 2.75) is 0 Å². The molecule has 0 radical (unpaired) electrons. The normalized spacial score (nSPS) is 10.4. The van der Waals surface area contributed by atoms with Crippen molar-refractivity contribution in [3.63, 3.8) is 0 Å². The van der Waals surface area contributed by atoms with Crippen molar-refractivity contribution in [3.05, 3.63) is 58.1 Å². The van der Waals surface area contributed by atoms with Crippen LogP contribution in [0.4, 0.5) is 5.69 Å². The number of nitro groups is 1. The molecule has 0 unspecified atom stereocenters. The molecule has 9 heteroatoms. The van der Waals surface area contributed by atoms with Crippen molar-refractivity contribution in [2.24, 2.45) is 5.10 Å². The smallest absolute Gasteiger partial charge is 0.311 e. The number of nitrogens with zero attached hydrogens (tertiary/aromatic N) is 2. The molecular weight excluding hydrogens is 342 g/mol. The van der Waals surface area contributed by atoms with Crippen LogP contribution in [0, 0.1) is 10.1 Å². The maximum absolute atomic E-state index is 11.7. The number of benzene rings is 2. The summed E-state index contributed by atoms with van der Waals surface area (Å²) >= 11 is 0. The number of para-hydroxylation sites is 1. The summed E-state index contributed by atoms with van der Waals surface area (Å²) in [5.41, 5.74) is 2.35. The summed E-state index contributed by atoms with van der Waals surface area (Å²) in [7, 11) is 2.73. The van der Waals surface area contributed by atoms with Crippen LogP contribution in [0.3, 0.4) is 0 Å². The summed E-state index contributed by atoms with van der Waals surface area (Å²) in [6.45, 7) is -0.221. The number of nitro benzene ring substituents is 1. The second kappa shape index (κ2) is 9.02. The van der Waals surface area contributed by atoms with Crippen LogP contribution in [0.1, 0.15) is 5.56 Å². The van der Waals surface area contributed by atoms with Crippen molar-refractivity contribution >= 4 is 17.8 Å². The second-order valence-electron chi connectivity index (χ2n) is 4.92. The van der Waals surface area contributed by atoms with Crippen LogP contribution in [-0.2, 0) is 4.79 Å². The lowest BCUT2D eigenvalue weighted by molar-refractivity contribution is -0.385. The maximum atomic E-state index is 11.7. The third-order valence-corrected chi connectivity index (χ3v) is 3.23. The van der Waals surface area contributed by atoms with Gasteiger partial charge in [-0.2, -0.15) is 5.10 Å². The lowest BCUT2D eigenvalue weighted by Crippen LogP contribution is -2.24. The fourth-order valence-electron chi connectivity index (χ4n) is 2.02. The molecular formula is C17H17N3O6. The highest BCUT2D eigenvalue weighted by molar-refractivity contribution is 5.87. The first kappa shape index (κ1) is 18.7. The molecule has 0 aromatic heterocycles. The Labute approximate surface area is 149 Å². The first-order valence-corrected chi connectivity index (χ1v) is 7.45. The average molecular weight is 359 g/mol. The van der Waals surface area contributed by atoms with Gasteiger partial charge in [-0.1, -0.05) is 18.2 Å². The third kappa shape index (κ3) is 4.94.